The molecule has 0 aliphatic rings. The van der Waals surface area contributed by atoms with Gasteiger partial charge in [-0.25, -0.2) is 0 Å². The Balaban J connectivity index is -0.000000396. The van der Waals surface area contributed by atoms with Crippen LogP contribution in [0.1, 0.15) is 290 Å². The summed E-state index contributed by atoms with van der Waals surface area (Å²) in [6.07, 6.45) is 63.0. The monoisotopic (exact) mass is 901 g/mol. The first kappa shape index (κ1) is 65.8. The van der Waals surface area contributed by atoms with Crippen LogP contribution in [0.5, 0.6) is 0 Å². The van der Waals surface area contributed by atoms with Crippen LogP contribution >= 0.6 is 0 Å². The fourth-order valence-corrected chi connectivity index (χ4v) is 7.03. The number of carboxylic acid groups (broad SMARTS) is 3. The van der Waals surface area contributed by atoms with Gasteiger partial charge in [0.1, 0.15) is 0 Å². The van der Waals surface area contributed by atoms with Gasteiger partial charge < -0.3 is 24.9 Å². The molecule has 0 aromatic heterocycles. The molecule has 0 fully saturated rings. The Morgan fingerprint density at radius 1 is 0.311 bits per heavy atom. The largest absolute Gasteiger partial charge is 2.00 e. The van der Waals surface area contributed by atoms with E-state index in [0.29, 0.717) is 6.42 Å². The molecule has 0 saturated carbocycles. The van der Waals surface area contributed by atoms with E-state index in [-0.39, 0.29) is 29.9 Å². The maximum atomic E-state index is 10.3. The molecule has 0 saturated heterocycles. The number of rotatable bonds is 45. The van der Waals surface area contributed by atoms with E-state index in [1.54, 1.807) is 0 Å². The molecule has 0 amide bonds. The van der Waals surface area contributed by atoms with Crippen LogP contribution in [0.25, 0.3) is 0 Å². The molecule has 0 aliphatic carbocycles. The molecule has 0 atom stereocenters. The van der Waals surface area contributed by atoms with Gasteiger partial charge in [-0.3, -0.25) is 4.79 Å². The van der Waals surface area contributed by atoms with Crippen LogP contribution in [0.2, 0.25) is 0 Å². The molecule has 0 aliphatic heterocycles. The zero-order chi connectivity index (χ0) is 44.7. The normalized spacial score (nSPS) is 11.1. The van der Waals surface area contributed by atoms with Crippen LogP contribution in [0.4, 0.5) is 0 Å². The number of hydrogen-bond acceptors (Lipinski definition) is 5. The Morgan fingerprint density at radius 3 is 0.689 bits per heavy atom. The summed E-state index contributed by atoms with van der Waals surface area (Å²) in [6.45, 7) is 6.77. The number of carbonyl (C=O) groups excluding carboxylic acids is 2. The molecule has 0 rings (SSSR count). The third-order valence-electron chi connectivity index (χ3n) is 10.9. The number of unbranched alkanes of at least 4 members (excludes halogenated alkanes) is 33. The van der Waals surface area contributed by atoms with Crippen LogP contribution < -0.4 is 10.2 Å². The van der Waals surface area contributed by atoms with Crippen molar-refractivity contribution in [2.75, 3.05) is 0 Å². The average molecular weight is 901 g/mol. The summed E-state index contributed by atoms with van der Waals surface area (Å²) in [6, 6.07) is 0. The first-order valence-corrected chi connectivity index (χ1v) is 25.9. The van der Waals surface area contributed by atoms with Crippen molar-refractivity contribution in [1.82, 2.24) is 0 Å². The van der Waals surface area contributed by atoms with E-state index in [2.05, 4.69) is 57.2 Å². The number of hydrogen-bond donors (Lipinski definition) is 1. The van der Waals surface area contributed by atoms with Gasteiger partial charge in [0.15, 0.2) is 0 Å². The summed E-state index contributed by atoms with van der Waals surface area (Å²) in [5, 5.41) is 28.9. The Morgan fingerprint density at radius 2 is 0.492 bits per heavy atom. The second-order valence-electron chi connectivity index (χ2n) is 17.1. The minimum Gasteiger partial charge on any atom is -0.550 e. The fourth-order valence-electron chi connectivity index (χ4n) is 7.03. The van der Waals surface area contributed by atoms with Crippen molar-refractivity contribution in [1.29, 1.82) is 0 Å². The van der Waals surface area contributed by atoms with Crippen molar-refractivity contribution < 1.29 is 46.8 Å². The number of aliphatic carboxylic acids is 3. The summed E-state index contributed by atoms with van der Waals surface area (Å²) < 4.78 is 0. The van der Waals surface area contributed by atoms with E-state index < -0.39 is 17.9 Å². The van der Waals surface area contributed by atoms with E-state index in [1.165, 1.54) is 199 Å². The zero-order valence-corrected chi connectivity index (χ0v) is 41.6. The molecule has 360 valence electrons. The molecular weight excluding hydrogens is 800 g/mol. The van der Waals surface area contributed by atoms with Crippen molar-refractivity contribution >= 4 is 17.9 Å². The van der Waals surface area contributed by atoms with Gasteiger partial charge in [0.05, 0.1) is 0 Å². The maximum absolute atomic E-state index is 10.3. The number of allylic oxidation sites excluding steroid dienone is 6. The first-order valence-electron chi connectivity index (χ1n) is 25.9. The van der Waals surface area contributed by atoms with Crippen LogP contribution in [0.15, 0.2) is 36.5 Å². The summed E-state index contributed by atoms with van der Waals surface area (Å²) in [5.41, 5.74) is 0. The Bertz CT molecular complexity index is 827. The molecule has 6 nitrogen and oxygen atoms in total. The van der Waals surface area contributed by atoms with Crippen molar-refractivity contribution in [3.63, 3.8) is 0 Å². The third kappa shape index (κ3) is 75.9. The van der Waals surface area contributed by atoms with Crippen molar-refractivity contribution in [2.45, 2.75) is 290 Å². The third-order valence-corrected chi connectivity index (χ3v) is 10.9. The van der Waals surface area contributed by atoms with E-state index in [4.69, 9.17) is 5.11 Å². The Hall–Kier alpha value is -1.85. The molecular formula is C54H100FeO6. The van der Waals surface area contributed by atoms with Crippen LogP contribution in [-0.4, -0.2) is 23.0 Å². The van der Waals surface area contributed by atoms with Crippen LogP contribution in [-0.2, 0) is 31.5 Å². The zero-order valence-electron chi connectivity index (χ0n) is 40.5. The minimum atomic E-state index is -0.914. The summed E-state index contributed by atoms with van der Waals surface area (Å²) >= 11 is 0. The fraction of sp³-hybridized carbons (Fsp3) is 0.833. The second kappa shape index (κ2) is 62.4. The van der Waals surface area contributed by atoms with Gasteiger partial charge in [0.25, 0.3) is 0 Å². The van der Waals surface area contributed by atoms with Gasteiger partial charge >= 0.3 is 23.0 Å². The smallest absolute Gasteiger partial charge is 0.550 e. The van der Waals surface area contributed by atoms with E-state index in [0.717, 1.165) is 51.4 Å². The Kier molecular flexibility index (Phi) is 67.3. The summed E-state index contributed by atoms with van der Waals surface area (Å²) in [7, 11) is 0. The van der Waals surface area contributed by atoms with Gasteiger partial charge in [0.2, 0.25) is 0 Å². The van der Waals surface area contributed by atoms with Gasteiger partial charge in [-0.1, -0.05) is 211 Å². The van der Waals surface area contributed by atoms with Crippen molar-refractivity contribution in [2.24, 2.45) is 0 Å². The summed E-state index contributed by atoms with van der Waals surface area (Å²) in [4.78, 5) is 30.8. The van der Waals surface area contributed by atoms with Crippen LogP contribution in [0.3, 0.4) is 0 Å². The average Bonchev–Trinajstić information content (AvgIpc) is 3.22. The molecule has 0 bridgehead atoms. The second-order valence-corrected chi connectivity index (χ2v) is 17.1. The van der Waals surface area contributed by atoms with Gasteiger partial charge in [-0.05, 0) is 109 Å². The quantitative estimate of drug-likeness (QED) is 0.0369. The van der Waals surface area contributed by atoms with E-state index >= 15 is 0 Å². The maximum Gasteiger partial charge on any atom is 2.00 e. The predicted molar refractivity (Wildman–Crippen MR) is 256 cm³/mol. The number of carbonyl (C=O) groups is 3. The Labute approximate surface area is 389 Å². The molecule has 0 spiro atoms. The minimum absolute atomic E-state index is 0. The van der Waals surface area contributed by atoms with E-state index in [9.17, 15) is 24.6 Å². The molecule has 1 N–H and O–H groups in total. The van der Waals surface area contributed by atoms with Gasteiger partial charge in [-0.2, -0.15) is 0 Å². The van der Waals surface area contributed by atoms with Crippen molar-refractivity contribution in [3.8, 4) is 0 Å². The SMILES string of the molecule is CCCCCCCC/C=C\CCCCCCCC(=O)O.CCCCCCCC/C=C\CCCCCCCC(=O)[O-].CCCCCCCC/C=C\CCCCCCCC(=O)[O-].[Fe+2]. The van der Waals surface area contributed by atoms with Crippen LogP contribution in [0, 0.1) is 0 Å². The van der Waals surface area contributed by atoms with Gasteiger partial charge in [-0.15, -0.1) is 0 Å². The molecule has 61 heavy (non-hydrogen) atoms. The topological polar surface area (TPSA) is 118 Å². The first-order chi connectivity index (χ1) is 29.3. The predicted octanol–water partition coefficient (Wildman–Crippen LogP) is 15.7. The van der Waals surface area contributed by atoms with Gasteiger partial charge in [0, 0.05) is 18.4 Å². The molecule has 0 unspecified atom stereocenters. The molecule has 0 heterocycles. The molecule has 0 aromatic rings. The molecule has 0 aromatic carbocycles. The standard InChI is InChI=1S/3C18H34O2.Fe/c3*1-2-3-4-5-6-7-8-9-10-11-12-13-14-15-16-17-18(19)20;/h3*9-10H,2-8,11-17H2,1H3,(H,19,20);/q;;;+2/p-2/b3*10-9-;. The molecule has 7 heteroatoms. The number of carboxylic acids is 3. The summed E-state index contributed by atoms with van der Waals surface area (Å²) in [5.74, 6) is -2.49. The van der Waals surface area contributed by atoms with E-state index in [1.807, 2.05) is 0 Å². The molecule has 0 radical (unpaired) electrons. The van der Waals surface area contributed by atoms with Crippen molar-refractivity contribution in [3.05, 3.63) is 36.5 Å².